The second-order valence-electron chi connectivity index (χ2n) is 6.16. The van der Waals surface area contributed by atoms with E-state index < -0.39 is 10.0 Å². The number of hydrogen-bond acceptors (Lipinski definition) is 4. The maximum Gasteiger partial charge on any atom is 0.243 e. The summed E-state index contributed by atoms with van der Waals surface area (Å²) in [7, 11) is -1.70. The molecule has 0 N–H and O–H groups in total. The largest absolute Gasteiger partial charge is 0.497 e. The number of nitrogens with zero attached hydrogens (tertiary/aromatic N) is 2. The fourth-order valence-electron chi connectivity index (χ4n) is 3.01. The van der Waals surface area contributed by atoms with Crippen molar-refractivity contribution in [1.82, 2.24) is 9.21 Å². The van der Waals surface area contributed by atoms with Gasteiger partial charge in [-0.2, -0.15) is 4.31 Å². The lowest BCUT2D eigenvalue weighted by Crippen LogP contribution is -2.48. The summed E-state index contributed by atoms with van der Waals surface area (Å²) in [4.78, 5) is 2.70. The number of ether oxygens (including phenoxy) is 1. The first kappa shape index (κ1) is 17.9. The van der Waals surface area contributed by atoms with Crippen molar-refractivity contribution in [2.75, 3.05) is 39.8 Å². The third kappa shape index (κ3) is 4.39. The van der Waals surface area contributed by atoms with Crippen molar-refractivity contribution in [3.63, 3.8) is 0 Å². The molecule has 134 valence electrons. The molecule has 1 aliphatic rings. The Morgan fingerprint density at radius 2 is 1.56 bits per heavy atom. The molecule has 1 heterocycles. The van der Waals surface area contributed by atoms with Crippen LogP contribution in [-0.4, -0.2) is 57.5 Å². The van der Waals surface area contributed by atoms with Crippen molar-refractivity contribution in [1.29, 1.82) is 0 Å². The van der Waals surface area contributed by atoms with Crippen molar-refractivity contribution < 1.29 is 13.2 Å². The van der Waals surface area contributed by atoms with Crippen LogP contribution >= 0.6 is 0 Å². The maximum absolute atomic E-state index is 12.6. The fourth-order valence-corrected chi connectivity index (χ4v) is 4.46. The van der Waals surface area contributed by atoms with Gasteiger partial charge in [-0.1, -0.05) is 30.3 Å². The Balaban J connectivity index is 1.51. The van der Waals surface area contributed by atoms with Crippen molar-refractivity contribution in [3.05, 3.63) is 60.2 Å². The highest BCUT2D eigenvalue weighted by molar-refractivity contribution is 7.89. The number of benzene rings is 2. The van der Waals surface area contributed by atoms with Crippen LogP contribution in [-0.2, 0) is 16.4 Å². The predicted octanol–water partition coefficient (Wildman–Crippen LogP) is 2.24. The zero-order valence-electron chi connectivity index (χ0n) is 14.5. The van der Waals surface area contributed by atoms with Crippen molar-refractivity contribution in [2.24, 2.45) is 0 Å². The minimum atomic E-state index is -3.37. The standard InChI is InChI=1S/C19H24N2O3S/c1-24-18-9-7-17(8-10-18)11-12-20-13-15-21(16-14-20)25(22,23)19-5-3-2-4-6-19/h2-10H,11-16H2,1H3. The van der Waals surface area contributed by atoms with Crippen molar-refractivity contribution >= 4 is 10.0 Å². The smallest absolute Gasteiger partial charge is 0.243 e. The van der Waals surface area contributed by atoms with Crippen LogP contribution in [0.1, 0.15) is 5.56 Å². The lowest BCUT2D eigenvalue weighted by molar-refractivity contribution is 0.190. The Kier molecular flexibility index (Phi) is 5.73. The second kappa shape index (κ2) is 7.99. The molecule has 2 aromatic carbocycles. The van der Waals surface area contributed by atoms with Crippen LogP contribution in [0.2, 0.25) is 0 Å². The second-order valence-corrected chi connectivity index (χ2v) is 8.09. The van der Waals surface area contributed by atoms with Crippen molar-refractivity contribution in [3.8, 4) is 5.75 Å². The summed E-state index contributed by atoms with van der Waals surface area (Å²) in [6, 6.07) is 16.8. The van der Waals surface area contributed by atoms with Gasteiger partial charge in [0.05, 0.1) is 12.0 Å². The molecule has 5 nitrogen and oxygen atoms in total. The SMILES string of the molecule is COc1ccc(CCN2CCN(S(=O)(=O)c3ccccc3)CC2)cc1. The normalized spacial score (nSPS) is 16.7. The summed E-state index contributed by atoms with van der Waals surface area (Å²) in [5, 5.41) is 0. The average Bonchev–Trinajstić information content (AvgIpc) is 2.68. The van der Waals surface area contributed by atoms with Gasteiger partial charge in [-0.25, -0.2) is 8.42 Å². The Morgan fingerprint density at radius 1 is 0.920 bits per heavy atom. The van der Waals surface area contributed by atoms with Gasteiger partial charge >= 0.3 is 0 Å². The summed E-state index contributed by atoms with van der Waals surface area (Å²) in [6.07, 6.45) is 0.954. The first-order valence-electron chi connectivity index (χ1n) is 8.50. The molecular formula is C19H24N2O3S. The molecule has 0 radical (unpaired) electrons. The van der Waals surface area contributed by atoms with Crippen LogP contribution in [0.3, 0.4) is 0 Å². The van der Waals surface area contributed by atoms with E-state index in [1.807, 2.05) is 18.2 Å². The fraction of sp³-hybridized carbons (Fsp3) is 0.368. The van der Waals surface area contributed by atoms with Gasteiger partial charge < -0.3 is 9.64 Å². The van der Waals surface area contributed by atoms with E-state index >= 15 is 0 Å². The third-order valence-electron chi connectivity index (χ3n) is 4.59. The number of rotatable bonds is 6. The lowest BCUT2D eigenvalue weighted by atomic mass is 10.1. The Hall–Kier alpha value is -1.89. The number of hydrogen-bond donors (Lipinski definition) is 0. The minimum absolute atomic E-state index is 0.377. The average molecular weight is 360 g/mol. The Morgan fingerprint density at radius 3 is 2.16 bits per heavy atom. The molecule has 2 aromatic rings. The van der Waals surface area contributed by atoms with E-state index in [-0.39, 0.29) is 0 Å². The molecule has 0 saturated carbocycles. The highest BCUT2D eigenvalue weighted by Crippen LogP contribution is 2.17. The van der Waals surface area contributed by atoms with E-state index in [1.54, 1.807) is 35.7 Å². The molecule has 0 atom stereocenters. The number of sulfonamides is 1. The third-order valence-corrected chi connectivity index (χ3v) is 6.50. The predicted molar refractivity (Wildman–Crippen MR) is 98.3 cm³/mol. The molecule has 1 saturated heterocycles. The zero-order chi connectivity index (χ0) is 17.7. The maximum atomic E-state index is 12.6. The van der Waals surface area contributed by atoms with E-state index in [4.69, 9.17) is 4.74 Å². The van der Waals surface area contributed by atoms with E-state index in [0.29, 0.717) is 18.0 Å². The summed E-state index contributed by atoms with van der Waals surface area (Å²) < 4.78 is 32.0. The molecule has 1 fully saturated rings. The van der Waals surface area contributed by atoms with Gasteiger partial charge in [0.1, 0.15) is 5.75 Å². The zero-order valence-corrected chi connectivity index (χ0v) is 15.3. The first-order valence-corrected chi connectivity index (χ1v) is 9.94. The highest BCUT2D eigenvalue weighted by atomic mass is 32.2. The van der Waals surface area contributed by atoms with Crippen LogP contribution in [0.25, 0.3) is 0 Å². The van der Waals surface area contributed by atoms with Crippen LogP contribution in [0, 0.1) is 0 Å². The summed E-state index contributed by atoms with van der Waals surface area (Å²) >= 11 is 0. The minimum Gasteiger partial charge on any atom is -0.497 e. The Labute approximate surface area is 149 Å². The molecule has 0 bridgehead atoms. The number of methoxy groups -OCH3 is 1. The molecule has 0 spiro atoms. The van der Waals surface area contributed by atoms with Gasteiger partial charge in [-0.15, -0.1) is 0 Å². The van der Waals surface area contributed by atoms with Gasteiger partial charge in [-0.3, -0.25) is 0 Å². The topological polar surface area (TPSA) is 49.9 Å². The number of piperazine rings is 1. The molecule has 1 aliphatic heterocycles. The van der Waals surface area contributed by atoms with Crippen LogP contribution < -0.4 is 4.74 Å². The Bertz CT molecular complexity index is 768. The van der Waals surface area contributed by atoms with Crippen molar-refractivity contribution in [2.45, 2.75) is 11.3 Å². The molecule has 25 heavy (non-hydrogen) atoms. The van der Waals surface area contributed by atoms with Gasteiger partial charge in [0.15, 0.2) is 0 Å². The molecular weight excluding hydrogens is 336 g/mol. The molecule has 0 amide bonds. The van der Waals surface area contributed by atoms with Gasteiger partial charge in [0, 0.05) is 32.7 Å². The lowest BCUT2D eigenvalue weighted by Gasteiger charge is -2.34. The van der Waals surface area contributed by atoms with Gasteiger partial charge in [-0.05, 0) is 36.2 Å². The quantitative estimate of drug-likeness (QED) is 0.793. The summed E-state index contributed by atoms with van der Waals surface area (Å²) in [5.41, 5.74) is 1.26. The molecule has 0 aromatic heterocycles. The molecule has 0 unspecified atom stereocenters. The van der Waals surface area contributed by atoms with Crippen LogP contribution in [0.4, 0.5) is 0 Å². The van der Waals surface area contributed by atoms with Crippen LogP contribution in [0.15, 0.2) is 59.5 Å². The summed E-state index contributed by atoms with van der Waals surface area (Å²) in [6.45, 7) is 3.55. The van der Waals surface area contributed by atoms with E-state index in [9.17, 15) is 8.42 Å². The van der Waals surface area contributed by atoms with Crippen LogP contribution in [0.5, 0.6) is 5.75 Å². The van der Waals surface area contributed by atoms with E-state index in [2.05, 4.69) is 17.0 Å². The molecule has 0 aliphatic carbocycles. The summed E-state index contributed by atoms with van der Waals surface area (Å²) in [5.74, 6) is 0.864. The first-order chi connectivity index (χ1) is 12.1. The molecule has 3 rings (SSSR count). The van der Waals surface area contributed by atoms with Gasteiger partial charge in [0.25, 0.3) is 0 Å². The highest BCUT2D eigenvalue weighted by Gasteiger charge is 2.27. The monoisotopic (exact) mass is 360 g/mol. The van der Waals surface area contributed by atoms with E-state index in [0.717, 1.165) is 31.8 Å². The van der Waals surface area contributed by atoms with E-state index in [1.165, 1.54) is 5.56 Å². The molecule has 6 heteroatoms. The van der Waals surface area contributed by atoms with Gasteiger partial charge in [0.2, 0.25) is 10.0 Å².